The van der Waals surface area contributed by atoms with Crippen LogP contribution in [0.25, 0.3) is 0 Å². The first-order valence-corrected chi connectivity index (χ1v) is 9.17. The zero-order valence-electron chi connectivity index (χ0n) is 10.9. The Labute approximate surface area is 119 Å². The molecule has 0 N–H and O–H groups in total. The summed E-state index contributed by atoms with van der Waals surface area (Å²) in [5.74, 6) is 0.208. The highest BCUT2D eigenvalue weighted by atomic mass is 35.5. The summed E-state index contributed by atoms with van der Waals surface area (Å²) in [7, 11) is -1.68. The van der Waals surface area contributed by atoms with E-state index in [0.717, 1.165) is 0 Å². The Morgan fingerprint density at radius 3 is 1.74 bits per heavy atom. The van der Waals surface area contributed by atoms with Crippen LogP contribution in [0.2, 0.25) is 0 Å². The predicted molar refractivity (Wildman–Crippen MR) is 85.6 cm³/mol. The van der Waals surface area contributed by atoms with Gasteiger partial charge in [-0.1, -0.05) is 36.4 Å². The number of ketones is 1. The van der Waals surface area contributed by atoms with Crippen molar-refractivity contribution in [3.63, 3.8) is 0 Å². The van der Waals surface area contributed by atoms with Crippen LogP contribution >= 0.6 is 18.9 Å². The van der Waals surface area contributed by atoms with Gasteiger partial charge >= 0.3 is 0 Å². The van der Waals surface area contributed by atoms with Gasteiger partial charge in [0.2, 0.25) is 0 Å². The number of hydrogen-bond donors (Lipinski definition) is 0. The highest BCUT2D eigenvalue weighted by Gasteiger charge is 2.39. The second-order valence-electron chi connectivity index (χ2n) is 4.69. The van der Waals surface area contributed by atoms with Crippen LogP contribution in [0.15, 0.2) is 60.7 Å². The van der Waals surface area contributed by atoms with Crippen molar-refractivity contribution in [3.05, 3.63) is 60.7 Å². The third-order valence-electron chi connectivity index (χ3n) is 3.29. The highest BCUT2D eigenvalue weighted by Crippen LogP contribution is 2.52. The van der Waals surface area contributed by atoms with Gasteiger partial charge in [0.25, 0.3) is 0 Å². The molecule has 1 nitrogen and oxygen atoms in total. The lowest BCUT2D eigenvalue weighted by molar-refractivity contribution is -0.114. The van der Waals surface area contributed by atoms with Gasteiger partial charge in [-0.15, -0.1) is 11.6 Å². The summed E-state index contributed by atoms with van der Waals surface area (Å²) in [6, 6.07) is 20.6. The Hall–Kier alpha value is -1.17. The van der Waals surface area contributed by atoms with Crippen LogP contribution in [0.5, 0.6) is 0 Å². The summed E-state index contributed by atoms with van der Waals surface area (Å²) in [6.07, 6.45) is 0.532. The third kappa shape index (κ3) is 3.23. The lowest BCUT2D eigenvalue weighted by Gasteiger charge is -2.22. The van der Waals surface area contributed by atoms with E-state index in [0.29, 0.717) is 6.16 Å². The highest BCUT2D eigenvalue weighted by molar-refractivity contribution is 7.89. The Morgan fingerprint density at radius 2 is 1.37 bits per heavy atom. The van der Waals surface area contributed by atoms with Gasteiger partial charge in [0.15, 0.2) is 5.78 Å². The summed E-state index contributed by atoms with van der Waals surface area (Å²) >= 11 is 5.70. The maximum absolute atomic E-state index is 11.9. The van der Waals surface area contributed by atoms with Gasteiger partial charge in [-0.05, 0) is 24.3 Å². The summed E-state index contributed by atoms with van der Waals surface area (Å²) in [6.45, 7) is 2.21. The second-order valence-corrected chi connectivity index (χ2v) is 8.69. The van der Waals surface area contributed by atoms with Gasteiger partial charge in [0.1, 0.15) is 6.16 Å². The molecule has 2 aromatic carbocycles. The SMILES string of the molecule is C[P+](CC(=O)CCl)(c1ccccc1)c1ccccc1. The second kappa shape index (κ2) is 6.32. The van der Waals surface area contributed by atoms with Gasteiger partial charge < -0.3 is 0 Å². The zero-order valence-corrected chi connectivity index (χ0v) is 12.6. The fourth-order valence-corrected chi connectivity index (χ4v) is 5.61. The van der Waals surface area contributed by atoms with Crippen molar-refractivity contribution in [1.82, 2.24) is 0 Å². The van der Waals surface area contributed by atoms with E-state index < -0.39 is 7.26 Å². The Balaban J connectivity index is 2.47. The summed E-state index contributed by atoms with van der Waals surface area (Å²) < 4.78 is 0. The molecule has 0 heterocycles. The smallest absolute Gasteiger partial charge is 0.185 e. The van der Waals surface area contributed by atoms with Crippen LogP contribution in [-0.2, 0) is 4.79 Å². The topological polar surface area (TPSA) is 17.1 Å². The van der Waals surface area contributed by atoms with Crippen LogP contribution in [0.4, 0.5) is 0 Å². The van der Waals surface area contributed by atoms with E-state index in [-0.39, 0.29) is 11.7 Å². The molecule has 0 fully saturated rings. The summed E-state index contributed by atoms with van der Waals surface area (Å²) in [5, 5.41) is 2.50. The van der Waals surface area contributed by atoms with Gasteiger partial charge in [-0.25, -0.2) is 0 Å². The lowest BCUT2D eigenvalue weighted by Crippen LogP contribution is -2.27. The molecule has 0 saturated carbocycles. The van der Waals surface area contributed by atoms with E-state index >= 15 is 0 Å². The number of halogens is 1. The monoisotopic (exact) mass is 291 g/mol. The number of carbonyl (C=O) groups excluding carboxylic acids is 1. The summed E-state index contributed by atoms with van der Waals surface area (Å²) in [4.78, 5) is 11.9. The molecule has 2 rings (SSSR count). The third-order valence-corrected chi connectivity index (χ3v) is 7.45. The van der Waals surface area contributed by atoms with Crippen molar-refractivity contribution in [1.29, 1.82) is 0 Å². The van der Waals surface area contributed by atoms with Crippen molar-refractivity contribution >= 4 is 35.3 Å². The molecule has 0 unspecified atom stereocenters. The van der Waals surface area contributed by atoms with Crippen LogP contribution in [0, 0.1) is 0 Å². The van der Waals surface area contributed by atoms with Crippen molar-refractivity contribution in [3.8, 4) is 0 Å². The summed E-state index contributed by atoms with van der Waals surface area (Å²) in [5.41, 5.74) is 0. The average molecular weight is 292 g/mol. The molecule has 0 bridgehead atoms. The van der Waals surface area contributed by atoms with E-state index in [2.05, 4.69) is 30.9 Å². The zero-order chi connectivity index (χ0) is 13.7. The van der Waals surface area contributed by atoms with E-state index in [1.165, 1.54) is 10.6 Å². The molecule has 0 aliphatic heterocycles. The average Bonchev–Trinajstić information content (AvgIpc) is 2.48. The van der Waals surface area contributed by atoms with Crippen LogP contribution < -0.4 is 10.6 Å². The number of Topliss-reactive ketones (excluding diaryl/α,β-unsaturated/α-hetero) is 1. The van der Waals surface area contributed by atoms with Crippen molar-refractivity contribution in [2.24, 2.45) is 0 Å². The number of hydrogen-bond acceptors (Lipinski definition) is 1. The molecular weight excluding hydrogens is 275 g/mol. The van der Waals surface area contributed by atoms with Gasteiger partial charge in [-0.3, -0.25) is 4.79 Å². The van der Waals surface area contributed by atoms with Crippen molar-refractivity contribution in [2.75, 3.05) is 18.7 Å². The molecule has 2 aromatic rings. The predicted octanol–water partition coefficient (Wildman–Crippen LogP) is 3.09. The van der Waals surface area contributed by atoms with Crippen molar-refractivity contribution in [2.45, 2.75) is 0 Å². The molecule has 0 aromatic heterocycles. The van der Waals surface area contributed by atoms with E-state index in [9.17, 15) is 4.79 Å². The molecule has 3 heteroatoms. The molecule has 0 atom stereocenters. The van der Waals surface area contributed by atoms with E-state index in [1.807, 2.05) is 36.4 Å². The first-order chi connectivity index (χ1) is 9.16. The quantitative estimate of drug-likeness (QED) is 0.611. The first kappa shape index (κ1) is 14.2. The minimum atomic E-state index is -1.68. The molecular formula is C16H17ClOP+. The largest absolute Gasteiger partial charge is 0.294 e. The van der Waals surface area contributed by atoms with Crippen LogP contribution in [0.1, 0.15) is 0 Å². The number of alkyl halides is 1. The normalized spacial score (nSPS) is 11.3. The molecule has 0 radical (unpaired) electrons. The number of benzene rings is 2. The fraction of sp³-hybridized carbons (Fsp3) is 0.188. The fourth-order valence-electron chi connectivity index (χ4n) is 2.24. The molecule has 98 valence electrons. The Morgan fingerprint density at radius 1 is 0.947 bits per heavy atom. The lowest BCUT2D eigenvalue weighted by atomic mass is 10.4. The van der Waals surface area contributed by atoms with E-state index in [1.54, 1.807) is 0 Å². The maximum Gasteiger partial charge on any atom is 0.185 e. The molecule has 19 heavy (non-hydrogen) atoms. The first-order valence-electron chi connectivity index (χ1n) is 6.21. The number of carbonyl (C=O) groups is 1. The minimum absolute atomic E-state index is 0.0925. The molecule has 0 amide bonds. The minimum Gasteiger partial charge on any atom is -0.294 e. The molecule has 0 aliphatic rings. The van der Waals surface area contributed by atoms with Crippen LogP contribution in [0.3, 0.4) is 0 Å². The van der Waals surface area contributed by atoms with Crippen LogP contribution in [-0.4, -0.2) is 24.5 Å². The Bertz CT molecular complexity index is 500. The molecule has 0 spiro atoms. The van der Waals surface area contributed by atoms with Gasteiger partial charge in [0, 0.05) is 0 Å². The van der Waals surface area contributed by atoms with Gasteiger partial charge in [0.05, 0.1) is 30.4 Å². The van der Waals surface area contributed by atoms with Gasteiger partial charge in [-0.2, -0.15) is 0 Å². The number of rotatable bonds is 5. The van der Waals surface area contributed by atoms with Crippen molar-refractivity contribution < 1.29 is 4.79 Å². The maximum atomic E-state index is 11.9. The standard InChI is InChI=1S/C16H17ClOP/c1-19(13-14(18)12-17,15-8-4-2-5-9-15)16-10-6-3-7-11-16/h2-11H,12-13H2,1H3/q+1. The Kier molecular flexibility index (Phi) is 4.74. The molecule has 0 saturated heterocycles. The van der Waals surface area contributed by atoms with E-state index in [4.69, 9.17) is 11.6 Å². The molecule has 0 aliphatic carbocycles.